The van der Waals surface area contributed by atoms with Gasteiger partial charge >= 0.3 is 6.03 Å². The topological polar surface area (TPSA) is 26.8 Å². The minimum Gasteiger partial charge on any atom is -0.323 e. The highest BCUT2D eigenvalue weighted by molar-refractivity contribution is 7.99. The van der Waals surface area contributed by atoms with Gasteiger partial charge in [-0.05, 0) is 20.9 Å². The van der Waals surface area contributed by atoms with Crippen molar-refractivity contribution in [3.8, 4) is 0 Å². The van der Waals surface area contributed by atoms with Crippen LogP contribution in [0.25, 0.3) is 0 Å². The van der Waals surface area contributed by atoms with Crippen molar-refractivity contribution in [3.63, 3.8) is 0 Å². The molecule has 0 radical (unpaired) electrons. The lowest BCUT2D eigenvalue weighted by molar-refractivity contribution is 0.0435. The summed E-state index contributed by atoms with van der Waals surface area (Å²) in [4.78, 5) is 18.9. The lowest BCUT2D eigenvalue weighted by Crippen LogP contribution is -2.63. The molecule has 0 spiro atoms. The van der Waals surface area contributed by atoms with E-state index >= 15 is 0 Å². The molecule has 2 fully saturated rings. The maximum Gasteiger partial charge on any atom is 0.320 e. The number of nitrogens with zero attached hydrogens (tertiary/aromatic N) is 3. The van der Waals surface area contributed by atoms with Crippen LogP contribution in [-0.2, 0) is 0 Å². The summed E-state index contributed by atoms with van der Waals surface area (Å²) in [5.41, 5.74) is -0.0470. The predicted octanol–water partition coefficient (Wildman–Crippen LogP) is 1.18. The van der Waals surface area contributed by atoms with Gasteiger partial charge in [-0.25, -0.2) is 4.79 Å². The van der Waals surface area contributed by atoms with Crippen molar-refractivity contribution in [1.82, 2.24) is 14.7 Å². The molecule has 0 aromatic carbocycles. The molecule has 2 aliphatic rings. The van der Waals surface area contributed by atoms with Gasteiger partial charge in [0.2, 0.25) is 0 Å². The first-order chi connectivity index (χ1) is 8.00. The third-order valence-electron chi connectivity index (χ3n) is 3.61. The van der Waals surface area contributed by atoms with Crippen LogP contribution in [0.5, 0.6) is 0 Å². The van der Waals surface area contributed by atoms with Crippen LogP contribution in [0.2, 0.25) is 0 Å². The summed E-state index contributed by atoms with van der Waals surface area (Å²) >= 11 is 1.94. The third kappa shape index (κ3) is 2.88. The summed E-state index contributed by atoms with van der Waals surface area (Å²) in [5, 5.41) is 0. The third-order valence-corrected chi connectivity index (χ3v) is 4.55. The maximum absolute atomic E-state index is 12.5. The zero-order chi connectivity index (χ0) is 12.5. The fraction of sp³-hybridized carbons (Fsp3) is 0.917. The lowest BCUT2D eigenvalue weighted by atomic mass is 9.99. The van der Waals surface area contributed by atoms with Crippen LogP contribution in [0.1, 0.15) is 13.8 Å². The molecule has 0 aliphatic carbocycles. The van der Waals surface area contributed by atoms with Crippen LogP contribution in [0.15, 0.2) is 0 Å². The summed E-state index contributed by atoms with van der Waals surface area (Å²) in [6, 6.07) is 0.239. The van der Waals surface area contributed by atoms with Crippen LogP contribution in [-0.4, -0.2) is 77.5 Å². The number of amides is 2. The normalized spacial score (nSPS) is 26.1. The van der Waals surface area contributed by atoms with Crippen molar-refractivity contribution < 1.29 is 4.79 Å². The smallest absolute Gasteiger partial charge is 0.320 e. The Kier molecular flexibility index (Phi) is 3.88. The lowest BCUT2D eigenvalue weighted by Gasteiger charge is -2.48. The number of rotatable bonds is 0. The number of carbonyl (C=O) groups is 1. The number of thioether (sulfide) groups is 1. The molecule has 0 aromatic heterocycles. The van der Waals surface area contributed by atoms with Crippen molar-refractivity contribution in [2.24, 2.45) is 0 Å². The summed E-state index contributed by atoms with van der Waals surface area (Å²) in [5.74, 6) is 2.17. The molecule has 5 heteroatoms. The molecule has 0 unspecified atom stereocenters. The molecule has 0 aromatic rings. The first-order valence-electron chi connectivity index (χ1n) is 6.33. The first kappa shape index (κ1) is 13.0. The molecule has 17 heavy (non-hydrogen) atoms. The Bertz CT molecular complexity index is 289. The highest BCUT2D eigenvalue weighted by Crippen LogP contribution is 2.22. The van der Waals surface area contributed by atoms with Gasteiger partial charge in [-0.3, -0.25) is 0 Å². The van der Waals surface area contributed by atoms with Gasteiger partial charge in [0, 0.05) is 44.2 Å². The Morgan fingerprint density at radius 2 is 1.76 bits per heavy atom. The Morgan fingerprint density at radius 3 is 2.35 bits per heavy atom. The zero-order valence-corrected chi connectivity index (χ0v) is 11.9. The van der Waals surface area contributed by atoms with Crippen LogP contribution in [0.4, 0.5) is 4.79 Å². The second-order valence-electron chi connectivity index (χ2n) is 5.58. The monoisotopic (exact) mass is 257 g/mol. The van der Waals surface area contributed by atoms with E-state index in [4.69, 9.17) is 0 Å². The summed E-state index contributed by atoms with van der Waals surface area (Å²) < 4.78 is 0. The minimum atomic E-state index is -0.0470. The number of carbonyl (C=O) groups excluding carboxylic acids is 1. The molecular weight excluding hydrogens is 234 g/mol. The number of piperazine rings is 1. The van der Waals surface area contributed by atoms with E-state index in [-0.39, 0.29) is 11.6 Å². The molecule has 4 nitrogen and oxygen atoms in total. The van der Waals surface area contributed by atoms with E-state index in [1.165, 1.54) is 0 Å². The van der Waals surface area contributed by atoms with Crippen LogP contribution >= 0.6 is 11.8 Å². The van der Waals surface area contributed by atoms with E-state index in [0.717, 1.165) is 44.2 Å². The van der Waals surface area contributed by atoms with Crippen LogP contribution in [0, 0.1) is 0 Å². The van der Waals surface area contributed by atoms with Gasteiger partial charge in [-0.1, -0.05) is 0 Å². The fourth-order valence-corrected chi connectivity index (χ4v) is 3.58. The standard InChI is InChI=1S/C12H23N3OS/c1-12(2)10-13(3)4-5-15(12)11(16)14-6-8-17-9-7-14/h4-10H2,1-3H3. The van der Waals surface area contributed by atoms with Crippen molar-refractivity contribution in [2.75, 3.05) is 51.3 Å². The van der Waals surface area contributed by atoms with Gasteiger partial charge in [0.1, 0.15) is 0 Å². The van der Waals surface area contributed by atoms with E-state index in [0.29, 0.717) is 0 Å². The van der Waals surface area contributed by atoms with E-state index in [1.807, 2.05) is 16.7 Å². The largest absolute Gasteiger partial charge is 0.323 e. The van der Waals surface area contributed by atoms with E-state index in [2.05, 4.69) is 30.7 Å². The van der Waals surface area contributed by atoms with Gasteiger partial charge in [0.05, 0.1) is 5.54 Å². The molecule has 2 saturated heterocycles. The Labute approximate surface area is 108 Å². The second kappa shape index (κ2) is 5.06. The van der Waals surface area contributed by atoms with E-state index < -0.39 is 0 Å². The molecule has 98 valence electrons. The van der Waals surface area contributed by atoms with Crippen molar-refractivity contribution in [1.29, 1.82) is 0 Å². The van der Waals surface area contributed by atoms with E-state index in [1.54, 1.807) is 0 Å². The molecule has 0 bridgehead atoms. The van der Waals surface area contributed by atoms with Crippen molar-refractivity contribution in [2.45, 2.75) is 19.4 Å². The zero-order valence-electron chi connectivity index (χ0n) is 11.1. The molecule has 0 N–H and O–H groups in total. The SMILES string of the molecule is CN1CCN(C(=O)N2CCSCC2)C(C)(C)C1. The molecule has 0 saturated carbocycles. The van der Waals surface area contributed by atoms with Gasteiger partial charge in [-0.15, -0.1) is 0 Å². The molecule has 2 rings (SSSR count). The summed E-state index contributed by atoms with van der Waals surface area (Å²) in [6.45, 7) is 8.95. The molecule has 0 atom stereocenters. The average molecular weight is 257 g/mol. The number of likely N-dealkylation sites (N-methyl/N-ethyl adjacent to an activating group) is 1. The number of hydrogen-bond acceptors (Lipinski definition) is 3. The molecule has 2 aliphatic heterocycles. The maximum atomic E-state index is 12.5. The minimum absolute atomic E-state index is 0.0470. The first-order valence-corrected chi connectivity index (χ1v) is 7.49. The Balaban J connectivity index is 2.02. The fourth-order valence-electron chi connectivity index (χ4n) is 2.68. The number of hydrogen-bond donors (Lipinski definition) is 0. The van der Waals surface area contributed by atoms with Gasteiger partial charge in [-0.2, -0.15) is 11.8 Å². The summed E-state index contributed by atoms with van der Waals surface area (Å²) in [6.07, 6.45) is 0. The molecule has 2 amide bonds. The second-order valence-corrected chi connectivity index (χ2v) is 6.81. The van der Waals surface area contributed by atoms with Crippen LogP contribution < -0.4 is 0 Å². The Morgan fingerprint density at radius 1 is 1.12 bits per heavy atom. The average Bonchev–Trinajstić information content (AvgIpc) is 2.28. The van der Waals surface area contributed by atoms with Crippen LogP contribution in [0.3, 0.4) is 0 Å². The Hall–Kier alpha value is -0.420. The highest BCUT2D eigenvalue weighted by Gasteiger charge is 2.37. The van der Waals surface area contributed by atoms with E-state index in [9.17, 15) is 4.79 Å². The quantitative estimate of drug-likeness (QED) is 0.652. The molecule has 2 heterocycles. The molecular formula is C12H23N3OS. The summed E-state index contributed by atoms with van der Waals surface area (Å²) in [7, 11) is 2.13. The van der Waals surface area contributed by atoms with Gasteiger partial charge < -0.3 is 14.7 Å². The number of urea groups is 1. The highest BCUT2D eigenvalue weighted by atomic mass is 32.2. The van der Waals surface area contributed by atoms with Crippen molar-refractivity contribution >= 4 is 17.8 Å². The van der Waals surface area contributed by atoms with Gasteiger partial charge in [0.15, 0.2) is 0 Å². The predicted molar refractivity (Wildman–Crippen MR) is 72.6 cm³/mol. The van der Waals surface area contributed by atoms with Crippen molar-refractivity contribution in [3.05, 3.63) is 0 Å². The van der Waals surface area contributed by atoms with Gasteiger partial charge in [0.25, 0.3) is 0 Å².